The fourth-order valence-corrected chi connectivity index (χ4v) is 3.19. The van der Waals surface area contributed by atoms with Crippen molar-refractivity contribution in [1.29, 1.82) is 0 Å². The largest absolute Gasteiger partial charge is 0.468 e. The summed E-state index contributed by atoms with van der Waals surface area (Å²) < 4.78 is 30.2. The summed E-state index contributed by atoms with van der Waals surface area (Å²) in [5, 5.41) is 3.96. The number of carbonyl (C=O) groups is 2. The molecule has 9 heteroatoms. The number of rotatable bonds is 7. The molecule has 0 aliphatic heterocycles. The summed E-state index contributed by atoms with van der Waals surface area (Å²) in [5.74, 6) is -0.994. The summed E-state index contributed by atoms with van der Waals surface area (Å²) >= 11 is 1.09. The van der Waals surface area contributed by atoms with E-state index < -0.39 is 21.9 Å². The minimum atomic E-state index is -3.55. The Morgan fingerprint density at radius 2 is 2.16 bits per heavy atom. The monoisotopic (exact) mass is 306 g/mol. The van der Waals surface area contributed by atoms with Gasteiger partial charge in [0.1, 0.15) is 10.8 Å². The van der Waals surface area contributed by atoms with E-state index >= 15 is 0 Å². The number of thiophene rings is 1. The molecule has 0 saturated heterocycles. The van der Waals surface area contributed by atoms with Crippen LogP contribution in [0.5, 0.6) is 0 Å². The highest BCUT2D eigenvalue weighted by atomic mass is 32.2. The number of amides is 1. The minimum Gasteiger partial charge on any atom is -0.468 e. The first-order chi connectivity index (χ1) is 8.95. The number of methoxy groups -OCH3 is 1. The van der Waals surface area contributed by atoms with Crippen molar-refractivity contribution in [3.05, 3.63) is 17.5 Å². The van der Waals surface area contributed by atoms with Crippen LogP contribution in [0.2, 0.25) is 0 Å². The van der Waals surface area contributed by atoms with Crippen molar-refractivity contribution in [3.63, 3.8) is 0 Å². The lowest BCUT2D eigenvalue weighted by Crippen LogP contribution is -2.33. The lowest BCUT2D eigenvalue weighted by atomic mass is 10.4. The van der Waals surface area contributed by atoms with Gasteiger partial charge in [0, 0.05) is 13.0 Å². The van der Waals surface area contributed by atoms with Crippen molar-refractivity contribution in [1.82, 2.24) is 10.0 Å². The van der Waals surface area contributed by atoms with E-state index in [9.17, 15) is 18.0 Å². The van der Waals surface area contributed by atoms with Gasteiger partial charge in [-0.3, -0.25) is 9.59 Å². The van der Waals surface area contributed by atoms with Crippen LogP contribution in [-0.4, -0.2) is 40.5 Å². The van der Waals surface area contributed by atoms with Crippen molar-refractivity contribution >= 4 is 33.2 Å². The van der Waals surface area contributed by atoms with E-state index in [2.05, 4.69) is 14.8 Å². The molecule has 0 bridgehead atoms. The first-order valence-corrected chi connectivity index (χ1v) is 7.68. The van der Waals surface area contributed by atoms with Crippen molar-refractivity contribution < 1.29 is 22.7 Å². The van der Waals surface area contributed by atoms with Crippen LogP contribution in [-0.2, 0) is 24.3 Å². The maximum Gasteiger partial charge on any atom is 0.325 e. The molecule has 0 aliphatic rings. The third kappa shape index (κ3) is 5.37. The summed E-state index contributed by atoms with van der Waals surface area (Å²) in [7, 11) is -2.34. The van der Waals surface area contributed by atoms with Crippen LogP contribution in [0, 0.1) is 0 Å². The molecule has 1 amide bonds. The van der Waals surface area contributed by atoms with Crippen LogP contribution in [0.15, 0.2) is 21.7 Å². The zero-order valence-electron chi connectivity index (χ0n) is 10.2. The third-order valence-corrected chi connectivity index (χ3v) is 4.92. The van der Waals surface area contributed by atoms with Crippen LogP contribution >= 0.6 is 11.3 Å². The fraction of sp³-hybridized carbons (Fsp3) is 0.400. The summed E-state index contributed by atoms with van der Waals surface area (Å²) in [6.45, 7) is -0.264. The molecule has 2 N–H and O–H groups in total. The van der Waals surface area contributed by atoms with E-state index in [1.54, 1.807) is 11.4 Å². The quantitative estimate of drug-likeness (QED) is 0.674. The Kier molecular flexibility index (Phi) is 5.93. The van der Waals surface area contributed by atoms with Crippen LogP contribution in [0.1, 0.15) is 6.42 Å². The molecule has 0 aliphatic carbocycles. The Morgan fingerprint density at radius 3 is 2.74 bits per heavy atom. The number of hydrogen-bond donors (Lipinski definition) is 2. The topological polar surface area (TPSA) is 102 Å². The summed E-state index contributed by atoms with van der Waals surface area (Å²) in [4.78, 5) is 22.0. The van der Waals surface area contributed by atoms with E-state index in [1.165, 1.54) is 13.2 Å². The lowest BCUT2D eigenvalue weighted by molar-refractivity contribution is -0.141. The van der Waals surface area contributed by atoms with E-state index in [-0.39, 0.29) is 23.7 Å². The van der Waals surface area contributed by atoms with Gasteiger partial charge in [-0.25, -0.2) is 13.1 Å². The van der Waals surface area contributed by atoms with Crippen molar-refractivity contribution in [2.45, 2.75) is 10.6 Å². The molecule has 1 aromatic rings. The van der Waals surface area contributed by atoms with Gasteiger partial charge in [0.05, 0.1) is 7.11 Å². The van der Waals surface area contributed by atoms with Gasteiger partial charge < -0.3 is 10.1 Å². The summed E-state index contributed by atoms with van der Waals surface area (Å²) in [6, 6.07) is 3.10. The summed E-state index contributed by atoms with van der Waals surface area (Å²) in [5.41, 5.74) is 0. The molecule has 0 atom stereocenters. The molecule has 106 valence electrons. The Bertz CT molecular complexity index is 524. The average Bonchev–Trinajstić information content (AvgIpc) is 2.90. The van der Waals surface area contributed by atoms with E-state index in [1.807, 2.05) is 0 Å². The number of esters is 1. The molecule has 0 aromatic carbocycles. The molecule has 0 unspecified atom stereocenters. The van der Waals surface area contributed by atoms with Crippen LogP contribution in [0.3, 0.4) is 0 Å². The third-order valence-electron chi connectivity index (χ3n) is 2.06. The normalized spacial score (nSPS) is 11.0. The zero-order valence-corrected chi connectivity index (χ0v) is 11.8. The molecule has 1 aromatic heterocycles. The zero-order chi connectivity index (χ0) is 14.3. The molecule has 0 radical (unpaired) electrons. The van der Waals surface area contributed by atoms with Gasteiger partial charge in [0.15, 0.2) is 0 Å². The highest BCUT2D eigenvalue weighted by molar-refractivity contribution is 7.91. The highest BCUT2D eigenvalue weighted by Gasteiger charge is 2.15. The Hall–Kier alpha value is -1.45. The molecule has 19 heavy (non-hydrogen) atoms. The van der Waals surface area contributed by atoms with Gasteiger partial charge in [-0.1, -0.05) is 6.07 Å². The molecular weight excluding hydrogens is 292 g/mol. The van der Waals surface area contributed by atoms with Crippen molar-refractivity contribution in [3.8, 4) is 0 Å². The smallest absolute Gasteiger partial charge is 0.325 e. The maximum absolute atomic E-state index is 11.7. The van der Waals surface area contributed by atoms with Gasteiger partial charge in [-0.15, -0.1) is 11.3 Å². The van der Waals surface area contributed by atoms with Crippen LogP contribution in [0.4, 0.5) is 0 Å². The summed E-state index contributed by atoms with van der Waals surface area (Å²) in [6.07, 6.45) is -0.0540. The van der Waals surface area contributed by atoms with E-state index in [0.29, 0.717) is 0 Å². The molecule has 0 saturated carbocycles. The Labute approximate surface area is 115 Å². The van der Waals surface area contributed by atoms with Crippen LogP contribution < -0.4 is 10.0 Å². The number of nitrogens with one attached hydrogen (secondary N) is 2. The molecule has 7 nitrogen and oxygen atoms in total. The van der Waals surface area contributed by atoms with Crippen LogP contribution in [0.25, 0.3) is 0 Å². The fourth-order valence-electron chi connectivity index (χ4n) is 1.12. The van der Waals surface area contributed by atoms with Gasteiger partial charge in [0.2, 0.25) is 15.9 Å². The molecule has 1 heterocycles. The SMILES string of the molecule is COC(=O)CNC(=O)CCNS(=O)(=O)c1cccs1. The van der Waals surface area contributed by atoms with Gasteiger partial charge in [-0.05, 0) is 11.4 Å². The number of carbonyl (C=O) groups excluding carboxylic acids is 2. The number of sulfonamides is 1. The second-order valence-electron chi connectivity index (χ2n) is 3.43. The Morgan fingerprint density at radius 1 is 1.42 bits per heavy atom. The molecule has 1 rings (SSSR count). The number of hydrogen-bond acceptors (Lipinski definition) is 6. The first kappa shape index (κ1) is 15.6. The predicted molar refractivity (Wildman–Crippen MR) is 69.2 cm³/mol. The van der Waals surface area contributed by atoms with E-state index in [0.717, 1.165) is 11.3 Å². The van der Waals surface area contributed by atoms with Gasteiger partial charge in [0.25, 0.3) is 0 Å². The lowest BCUT2D eigenvalue weighted by Gasteiger charge is -2.05. The predicted octanol–water partition coefficient (Wildman–Crippen LogP) is -0.294. The average molecular weight is 306 g/mol. The maximum atomic E-state index is 11.7. The molecule has 0 fully saturated rings. The Balaban J connectivity index is 2.31. The standard InChI is InChI=1S/C10H14N2O5S2/c1-17-9(14)7-11-8(13)4-5-12-19(15,16)10-3-2-6-18-10/h2-3,6,12H,4-5,7H2,1H3,(H,11,13). The minimum absolute atomic E-state index is 0.0345. The van der Waals surface area contributed by atoms with Gasteiger partial charge >= 0.3 is 5.97 Å². The molecule has 0 spiro atoms. The second-order valence-corrected chi connectivity index (χ2v) is 6.37. The van der Waals surface area contributed by atoms with E-state index in [4.69, 9.17) is 0 Å². The van der Waals surface area contributed by atoms with Gasteiger partial charge in [-0.2, -0.15) is 0 Å². The number of ether oxygens (including phenoxy) is 1. The first-order valence-electron chi connectivity index (χ1n) is 5.32. The van der Waals surface area contributed by atoms with Crippen molar-refractivity contribution in [2.75, 3.05) is 20.2 Å². The molecular formula is C10H14N2O5S2. The van der Waals surface area contributed by atoms with Crippen molar-refractivity contribution in [2.24, 2.45) is 0 Å². The second kappa shape index (κ2) is 7.22. The highest BCUT2D eigenvalue weighted by Crippen LogP contribution is 2.14.